The lowest BCUT2D eigenvalue weighted by atomic mass is 9.79. The largest absolute Gasteiger partial charge is 0.387 e. The number of nitrogens with zero attached hydrogens (tertiary/aromatic N) is 2. The summed E-state index contributed by atoms with van der Waals surface area (Å²) in [5.74, 6) is 0.938. The standard InChI is InChI=1S/C17H29BrN2O3/c1-5-23-16(22)13-14(20(10(2)3)17(18)19-13)15(21)12-8-6-11(4)7-9-12/h10-12,15-16,21-22H,5-9H2,1-4H3/t11-,12-,15?,16?. The molecule has 1 aromatic rings. The van der Waals surface area contributed by atoms with Gasteiger partial charge in [0.05, 0.1) is 11.8 Å². The van der Waals surface area contributed by atoms with Crippen LogP contribution in [0.4, 0.5) is 0 Å². The quantitative estimate of drug-likeness (QED) is 0.719. The average molecular weight is 389 g/mol. The van der Waals surface area contributed by atoms with Gasteiger partial charge in [0.2, 0.25) is 6.29 Å². The zero-order valence-corrected chi connectivity index (χ0v) is 16.1. The lowest BCUT2D eigenvalue weighted by Crippen LogP contribution is -2.24. The Labute approximate surface area is 147 Å². The van der Waals surface area contributed by atoms with Crippen LogP contribution < -0.4 is 0 Å². The molecule has 0 aromatic carbocycles. The SMILES string of the molecule is CCOC(O)c1nc(Br)n(C(C)C)c1C(O)[C@H]1CC[C@H](C)CC1. The van der Waals surface area contributed by atoms with Crippen LogP contribution in [-0.2, 0) is 4.74 Å². The van der Waals surface area contributed by atoms with E-state index < -0.39 is 12.4 Å². The second-order valence-electron chi connectivity index (χ2n) is 6.89. The van der Waals surface area contributed by atoms with Crippen LogP contribution in [0.3, 0.4) is 0 Å². The predicted octanol–water partition coefficient (Wildman–Crippen LogP) is 4.11. The number of imidazole rings is 1. The summed E-state index contributed by atoms with van der Waals surface area (Å²) in [6.07, 6.45) is 2.56. The third kappa shape index (κ3) is 4.16. The highest BCUT2D eigenvalue weighted by atomic mass is 79.9. The number of hydrogen-bond acceptors (Lipinski definition) is 4. The molecule has 1 aliphatic carbocycles. The first kappa shape index (κ1) is 18.9. The van der Waals surface area contributed by atoms with E-state index in [1.54, 1.807) is 0 Å². The molecule has 2 unspecified atom stereocenters. The van der Waals surface area contributed by atoms with Crippen molar-refractivity contribution in [3.63, 3.8) is 0 Å². The van der Waals surface area contributed by atoms with Gasteiger partial charge in [-0.15, -0.1) is 0 Å². The maximum Gasteiger partial charge on any atom is 0.200 e. The molecule has 0 bridgehead atoms. The van der Waals surface area contributed by atoms with Crippen molar-refractivity contribution in [3.05, 3.63) is 16.1 Å². The van der Waals surface area contributed by atoms with E-state index in [1.165, 1.54) is 0 Å². The van der Waals surface area contributed by atoms with E-state index in [1.807, 2.05) is 25.3 Å². The zero-order valence-electron chi connectivity index (χ0n) is 14.5. The van der Waals surface area contributed by atoms with E-state index in [0.29, 0.717) is 22.7 Å². The second-order valence-corrected chi connectivity index (χ2v) is 7.60. The highest BCUT2D eigenvalue weighted by molar-refractivity contribution is 9.10. The first-order valence-corrected chi connectivity index (χ1v) is 9.41. The smallest absolute Gasteiger partial charge is 0.200 e. The Bertz CT molecular complexity index is 510. The van der Waals surface area contributed by atoms with Gasteiger partial charge in [-0.25, -0.2) is 4.98 Å². The molecule has 1 heterocycles. The van der Waals surface area contributed by atoms with Gasteiger partial charge in [0, 0.05) is 12.6 Å². The summed E-state index contributed by atoms with van der Waals surface area (Å²) in [7, 11) is 0. The summed E-state index contributed by atoms with van der Waals surface area (Å²) in [4.78, 5) is 4.43. The topological polar surface area (TPSA) is 67.5 Å². The summed E-state index contributed by atoms with van der Waals surface area (Å²) in [5, 5.41) is 21.3. The first-order chi connectivity index (χ1) is 10.9. The predicted molar refractivity (Wildman–Crippen MR) is 93.0 cm³/mol. The van der Waals surface area contributed by atoms with Gasteiger partial charge in [0.1, 0.15) is 5.69 Å². The molecule has 1 saturated carbocycles. The summed E-state index contributed by atoms with van der Waals surface area (Å²) >= 11 is 3.46. The average Bonchev–Trinajstić information content (AvgIpc) is 2.85. The van der Waals surface area contributed by atoms with Crippen molar-refractivity contribution in [1.29, 1.82) is 0 Å². The molecular formula is C17H29BrN2O3. The van der Waals surface area contributed by atoms with Crippen LogP contribution in [0.5, 0.6) is 0 Å². The fourth-order valence-electron chi connectivity index (χ4n) is 3.46. The maximum absolute atomic E-state index is 11.0. The molecule has 0 spiro atoms. The fourth-order valence-corrected chi connectivity index (χ4v) is 4.25. The molecule has 132 valence electrons. The number of aromatic nitrogens is 2. The number of aliphatic hydroxyl groups excluding tert-OH is 2. The Morgan fingerprint density at radius 1 is 1.26 bits per heavy atom. The van der Waals surface area contributed by atoms with Gasteiger partial charge in [0.25, 0.3) is 0 Å². The van der Waals surface area contributed by atoms with Crippen LogP contribution in [0, 0.1) is 11.8 Å². The van der Waals surface area contributed by atoms with Gasteiger partial charge in [-0.1, -0.05) is 19.8 Å². The van der Waals surface area contributed by atoms with Crippen molar-refractivity contribution < 1.29 is 14.9 Å². The van der Waals surface area contributed by atoms with E-state index in [4.69, 9.17) is 4.74 Å². The van der Waals surface area contributed by atoms with Crippen molar-refractivity contribution in [1.82, 2.24) is 9.55 Å². The van der Waals surface area contributed by atoms with E-state index in [2.05, 4.69) is 27.8 Å². The third-order valence-corrected chi connectivity index (χ3v) is 5.35. The molecule has 2 rings (SSSR count). The van der Waals surface area contributed by atoms with E-state index in [9.17, 15) is 10.2 Å². The van der Waals surface area contributed by atoms with Gasteiger partial charge in [-0.05, 0) is 61.4 Å². The number of halogens is 1. The van der Waals surface area contributed by atoms with Crippen LogP contribution in [0.2, 0.25) is 0 Å². The summed E-state index contributed by atoms with van der Waals surface area (Å²) < 4.78 is 7.90. The highest BCUT2D eigenvalue weighted by Gasteiger charge is 2.34. The molecule has 2 atom stereocenters. The Morgan fingerprint density at radius 3 is 2.39 bits per heavy atom. The van der Waals surface area contributed by atoms with Crippen LogP contribution in [0.25, 0.3) is 0 Å². The Morgan fingerprint density at radius 2 is 1.87 bits per heavy atom. The normalized spacial score (nSPS) is 24.9. The van der Waals surface area contributed by atoms with Gasteiger partial charge in [0.15, 0.2) is 4.73 Å². The molecule has 23 heavy (non-hydrogen) atoms. The number of hydrogen-bond donors (Lipinski definition) is 2. The number of rotatable bonds is 6. The van der Waals surface area contributed by atoms with Crippen LogP contribution in [-0.4, -0.2) is 26.4 Å². The third-order valence-electron chi connectivity index (χ3n) is 4.80. The summed E-state index contributed by atoms with van der Waals surface area (Å²) in [6.45, 7) is 8.58. The molecular weight excluding hydrogens is 360 g/mol. The molecule has 0 radical (unpaired) electrons. The number of ether oxygens (including phenoxy) is 1. The summed E-state index contributed by atoms with van der Waals surface area (Å²) in [5.41, 5.74) is 1.12. The van der Waals surface area contributed by atoms with Crippen molar-refractivity contribution in [2.75, 3.05) is 6.61 Å². The minimum Gasteiger partial charge on any atom is -0.387 e. The Hall–Kier alpha value is -0.430. The molecule has 5 nitrogen and oxygen atoms in total. The van der Waals surface area contributed by atoms with Crippen molar-refractivity contribution >= 4 is 15.9 Å². The summed E-state index contributed by atoms with van der Waals surface area (Å²) in [6, 6.07) is 0.131. The van der Waals surface area contributed by atoms with Gasteiger partial charge in [-0.3, -0.25) is 0 Å². The van der Waals surface area contributed by atoms with Crippen molar-refractivity contribution in [2.24, 2.45) is 11.8 Å². The number of aliphatic hydroxyl groups is 2. The Balaban J connectivity index is 2.37. The molecule has 6 heteroatoms. The minimum absolute atomic E-state index is 0.131. The van der Waals surface area contributed by atoms with Gasteiger partial charge >= 0.3 is 0 Å². The Kier molecular flexibility index (Phi) is 6.66. The highest BCUT2D eigenvalue weighted by Crippen LogP contribution is 2.40. The van der Waals surface area contributed by atoms with Crippen molar-refractivity contribution in [3.8, 4) is 0 Å². The van der Waals surface area contributed by atoms with Crippen LogP contribution >= 0.6 is 15.9 Å². The molecule has 1 aromatic heterocycles. The van der Waals surface area contributed by atoms with Crippen molar-refractivity contribution in [2.45, 2.75) is 71.8 Å². The second kappa shape index (κ2) is 8.10. The van der Waals surface area contributed by atoms with E-state index in [-0.39, 0.29) is 12.0 Å². The minimum atomic E-state index is -1.11. The molecule has 2 N–H and O–H groups in total. The van der Waals surface area contributed by atoms with Gasteiger partial charge in [-0.2, -0.15) is 0 Å². The van der Waals surface area contributed by atoms with Gasteiger partial charge < -0.3 is 19.5 Å². The van der Waals surface area contributed by atoms with Crippen LogP contribution in [0.15, 0.2) is 4.73 Å². The molecule has 0 amide bonds. The van der Waals surface area contributed by atoms with E-state index >= 15 is 0 Å². The molecule has 1 aliphatic rings. The zero-order chi connectivity index (χ0) is 17.1. The van der Waals surface area contributed by atoms with E-state index in [0.717, 1.165) is 31.6 Å². The first-order valence-electron chi connectivity index (χ1n) is 8.62. The molecule has 0 aliphatic heterocycles. The molecule has 0 saturated heterocycles. The monoisotopic (exact) mass is 388 g/mol. The molecule has 1 fully saturated rings. The lowest BCUT2D eigenvalue weighted by Gasteiger charge is -2.31. The lowest BCUT2D eigenvalue weighted by molar-refractivity contribution is -0.103. The van der Waals surface area contributed by atoms with Crippen LogP contribution in [0.1, 0.15) is 83.2 Å². The fraction of sp³-hybridized carbons (Fsp3) is 0.824. The maximum atomic E-state index is 11.0.